The van der Waals surface area contributed by atoms with Gasteiger partial charge in [-0.2, -0.15) is 0 Å². The summed E-state index contributed by atoms with van der Waals surface area (Å²) in [4.78, 5) is 0. The standard InChI is InChI=1S/C33H40OSi/c1-32(2,3)35(30-18-10-5-11-19-30,31-20-12-6-13-21-31)26-29-24-28(27-16-8-4-9-17-27)25-33(34-29)22-14-7-15-23-33/h4-6,8-13,16-21,25,29H,7,14-15,22-24,26H2,1-3H3. The van der Waals surface area contributed by atoms with Crippen molar-refractivity contribution >= 4 is 24.0 Å². The normalized spacial score (nSPS) is 20.4. The molecule has 1 nitrogen and oxygen atoms in total. The smallest absolute Gasteiger partial charge is 0.125 e. The monoisotopic (exact) mass is 480 g/mol. The topological polar surface area (TPSA) is 9.23 Å². The van der Waals surface area contributed by atoms with Crippen LogP contribution in [0.25, 0.3) is 5.57 Å². The number of benzene rings is 3. The second kappa shape index (κ2) is 9.91. The molecule has 0 N–H and O–H groups in total. The van der Waals surface area contributed by atoms with Gasteiger partial charge in [0, 0.05) is 0 Å². The molecule has 1 atom stereocenters. The predicted molar refractivity (Wildman–Crippen MR) is 152 cm³/mol. The van der Waals surface area contributed by atoms with Gasteiger partial charge in [0.25, 0.3) is 0 Å². The Morgan fingerprint density at radius 3 is 1.77 bits per heavy atom. The van der Waals surface area contributed by atoms with Crippen molar-refractivity contribution in [3.8, 4) is 0 Å². The first-order valence-corrected chi connectivity index (χ1v) is 15.7. The SMILES string of the molecule is CC(C)(C)[Si](CC1CC(c2ccccc2)=CC2(CCCCC2)O1)(c1ccccc1)c1ccccc1. The van der Waals surface area contributed by atoms with E-state index in [0.717, 1.165) is 25.3 Å². The van der Waals surface area contributed by atoms with Gasteiger partial charge in [0.2, 0.25) is 0 Å². The summed E-state index contributed by atoms with van der Waals surface area (Å²) in [6, 6.07) is 34.9. The highest BCUT2D eigenvalue weighted by molar-refractivity contribution is 7.04. The fourth-order valence-corrected chi connectivity index (χ4v) is 12.4. The molecule has 2 heteroatoms. The second-order valence-corrected chi connectivity index (χ2v) is 16.6. The van der Waals surface area contributed by atoms with Crippen LogP contribution in [-0.4, -0.2) is 19.8 Å². The van der Waals surface area contributed by atoms with Crippen molar-refractivity contribution in [2.75, 3.05) is 0 Å². The lowest BCUT2D eigenvalue weighted by Gasteiger charge is -2.49. The Labute approximate surface area is 213 Å². The molecule has 1 aliphatic carbocycles. The molecule has 0 saturated heterocycles. The summed E-state index contributed by atoms with van der Waals surface area (Å²) < 4.78 is 7.22. The first-order chi connectivity index (χ1) is 16.9. The Morgan fingerprint density at radius 1 is 0.743 bits per heavy atom. The maximum absolute atomic E-state index is 7.22. The van der Waals surface area contributed by atoms with Crippen molar-refractivity contribution < 1.29 is 4.74 Å². The van der Waals surface area contributed by atoms with E-state index >= 15 is 0 Å². The van der Waals surface area contributed by atoms with Crippen LogP contribution >= 0.6 is 0 Å². The Bertz CT molecular complexity index is 1080. The number of hydrogen-bond acceptors (Lipinski definition) is 1. The van der Waals surface area contributed by atoms with Gasteiger partial charge in [-0.25, -0.2) is 0 Å². The lowest BCUT2D eigenvalue weighted by Crippen LogP contribution is -2.66. The molecule has 1 heterocycles. The van der Waals surface area contributed by atoms with Gasteiger partial charge in [-0.05, 0) is 47.6 Å². The minimum absolute atomic E-state index is 0.0995. The van der Waals surface area contributed by atoms with Gasteiger partial charge in [0.15, 0.2) is 0 Å². The first kappa shape index (κ1) is 24.3. The first-order valence-electron chi connectivity index (χ1n) is 13.5. The van der Waals surface area contributed by atoms with E-state index in [-0.39, 0.29) is 16.7 Å². The average Bonchev–Trinajstić information content (AvgIpc) is 2.88. The van der Waals surface area contributed by atoms with Crippen molar-refractivity contribution in [3.05, 3.63) is 103 Å². The van der Waals surface area contributed by atoms with Gasteiger partial charge in [0.05, 0.1) is 11.7 Å². The fraction of sp³-hybridized carbons (Fsp3) is 0.394. The number of ether oxygens (including phenoxy) is 1. The van der Waals surface area contributed by atoms with Gasteiger partial charge in [-0.3, -0.25) is 0 Å². The van der Waals surface area contributed by atoms with Crippen molar-refractivity contribution in [1.82, 2.24) is 0 Å². The van der Waals surface area contributed by atoms with E-state index in [1.54, 1.807) is 0 Å². The summed E-state index contributed by atoms with van der Waals surface area (Å²) in [6.45, 7) is 7.39. The molecule has 1 fully saturated rings. The maximum Gasteiger partial charge on any atom is 0.125 e. The van der Waals surface area contributed by atoms with E-state index in [9.17, 15) is 0 Å². The molecule has 5 rings (SSSR count). The van der Waals surface area contributed by atoms with Crippen LogP contribution in [0.15, 0.2) is 97.1 Å². The minimum atomic E-state index is -2.20. The molecule has 3 aromatic carbocycles. The van der Waals surface area contributed by atoms with E-state index in [2.05, 4.69) is 118 Å². The lowest BCUT2D eigenvalue weighted by atomic mass is 9.79. The molecular weight excluding hydrogens is 440 g/mol. The zero-order chi connectivity index (χ0) is 24.4. The maximum atomic E-state index is 7.22. The Morgan fingerprint density at radius 2 is 1.26 bits per heavy atom. The predicted octanol–water partition coefficient (Wildman–Crippen LogP) is 7.63. The third-order valence-electron chi connectivity index (χ3n) is 8.48. The van der Waals surface area contributed by atoms with Crippen LogP contribution in [0.5, 0.6) is 0 Å². The zero-order valence-electron chi connectivity index (χ0n) is 21.7. The van der Waals surface area contributed by atoms with Gasteiger partial charge < -0.3 is 4.74 Å². The Kier molecular flexibility index (Phi) is 6.88. The van der Waals surface area contributed by atoms with Crippen LogP contribution in [0.1, 0.15) is 64.9 Å². The summed E-state index contributed by atoms with van der Waals surface area (Å²) in [5, 5.41) is 3.19. The minimum Gasteiger partial charge on any atom is -0.368 e. The summed E-state index contributed by atoms with van der Waals surface area (Å²) in [5.41, 5.74) is 2.76. The molecule has 1 unspecified atom stereocenters. The van der Waals surface area contributed by atoms with E-state index < -0.39 is 8.07 Å². The Balaban J connectivity index is 1.61. The van der Waals surface area contributed by atoms with Crippen molar-refractivity contribution in [2.45, 2.75) is 82.1 Å². The van der Waals surface area contributed by atoms with Crippen molar-refractivity contribution in [3.63, 3.8) is 0 Å². The molecule has 1 saturated carbocycles. The van der Waals surface area contributed by atoms with Gasteiger partial charge >= 0.3 is 0 Å². The van der Waals surface area contributed by atoms with E-state index in [1.807, 2.05) is 0 Å². The largest absolute Gasteiger partial charge is 0.368 e. The molecule has 0 amide bonds. The zero-order valence-corrected chi connectivity index (χ0v) is 22.7. The van der Waals surface area contributed by atoms with Crippen LogP contribution in [0.2, 0.25) is 11.1 Å². The van der Waals surface area contributed by atoms with Crippen LogP contribution in [0.3, 0.4) is 0 Å². The van der Waals surface area contributed by atoms with Gasteiger partial charge in [-0.1, -0.05) is 141 Å². The van der Waals surface area contributed by atoms with E-state index in [0.29, 0.717) is 0 Å². The molecule has 1 aliphatic heterocycles. The van der Waals surface area contributed by atoms with Crippen molar-refractivity contribution in [2.24, 2.45) is 0 Å². The van der Waals surface area contributed by atoms with Crippen LogP contribution in [0, 0.1) is 0 Å². The molecule has 1 spiro atoms. The summed E-state index contributed by atoms with van der Waals surface area (Å²) >= 11 is 0. The molecule has 2 aliphatic rings. The second-order valence-electron chi connectivity index (χ2n) is 11.7. The summed E-state index contributed by atoms with van der Waals surface area (Å²) in [7, 11) is -2.20. The third-order valence-corrected chi connectivity index (χ3v) is 14.7. The lowest BCUT2D eigenvalue weighted by molar-refractivity contribution is -0.0798. The van der Waals surface area contributed by atoms with Crippen molar-refractivity contribution in [1.29, 1.82) is 0 Å². The Hall–Kier alpha value is -2.42. The van der Waals surface area contributed by atoms with Crippen LogP contribution < -0.4 is 10.4 Å². The van der Waals surface area contributed by atoms with E-state index in [4.69, 9.17) is 4.74 Å². The average molecular weight is 481 g/mol. The highest BCUT2D eigenvalue weighted by atomic mass is 28.3. The summed E-state index contributed by atoms with van der Waals surface area (Å²) in [5.74, 6) is 0. The van der Waals surface area contributed by atoms with E-state index in [1.165, 1.54) is 40.8 Å². The highest BCUT2D eigenvalue weighted by Crippen LogP contribution is 2.46. The molecule has 3 aromatic rings. The van der Waals surface area contributed by atoms with Gasteiger partial charge in [0.1, 0.15) is 8.07 Å². The van der Waals surface area contributed by atoms with Crippen LogP contribution in [-0.2, 0) is 4.74 Å². The molecule has 0 aromatic heterocycles. The number of rotatable bonds is 5. The van der Waals surface area contributed by atoms with Crippen LogP contribution in [0.4, 0.5) is 0 Å². The fourth-order valence-electron chi connectivity index (χ4n) is 6.77. The molecular formula is C33H40OSi. The highest BCUT2D eigenvalue weighted by Gasteiger charge is 2.50. The molecule has 182 valence electrons. The quantitative estimate of drug-likeness (QED) is 0.341. The number of hydrogen-bond donors (Lipinski definition) is 0. The molecule has 35 heavy (non-hydrogen) atoms. The third kappa shape index (κ3) is 4.84. The summed E-state index contributed by atoms with van der Waals surface area (Å²) in [6.07, 6.45) is 9.91. The van der Waals surface area contributed by atoms with Gasteiger partial charge in [-0.15, -0.1) is 0 Å². The molecule has 0 bridgehead atoms. The molecule has 0 radical (unpaired) electrons.